The Labute approximate surface area is 120 Å². The summed E-state index contributed by atoms with van der Waals surface area (Å²) in [5.74, 6) is 0.365. The Morgan fingerprint density at radius 3 is 2.75 bits per heavy atom. The van der Waals surface area contributed by atoms with Crippen LogP contribution in [0.25, 0.3) is 0 Å². The Bertz CT molecular complexity index is 564. The second-order valence-corrected chi connectivity index (χ2v) is 5.86. The van der Waals surface area contributed by atoms with Crippen LogP contribution in [0.1, 0.15) is 38.1 Å². The van der Waals surface area contributed by atoms with E-state index in [0.717, 1.165) is 11.2 Å². The molecule has 0 amide bonds. The van der Waals surface area contributed by atoms with E-state index in [0.29, 0.717) is 25.3 Å². The number of hydrogen-bond donors (Lipinski definition) is 0. The van der Waals surface area contributed by atoms with Gasteiger partial charge in [-0.25, -0.2) is 14.8 Å². The van der Waals surface area contributed by atoms with Crippen molar-refractivity contribution in [3.8, 4) is 0 Å². The van der Waals surface area contributed by atoms with Gasteiger partial charge in [-0.15, -0.1) is 0 Å². The number of carbonyl (C=O) groups is 1. The van der Waals surface area contributed by atoms with Crippen LogP contribution in [0.4, 0.5) is 5.82 Å². The van der Waals surface area contributed by atoms with Gasteiger partial charge in [0.05, 0.1) is 17.9 Å². The molecule has 0 atom stereocenters. The van der Waals surface area contributed by atoms with Gasteiger partial charge < -0.3 is 9.64 Å². The predicted octanol–water partition coefficient (Wildman–Crippen LogP) is 1.05. The monoisotopic (exact) mass is 273 g/mol. The molecule has 1 aliphatic rings. The van der Waals surface area contributed by atoms with Crippen LogP contribution in [0.5, 0.6) is 0 Å². The van der Waals surface area contributed by atoms with Gasteiger partial charge in [0.15, 0.2) is 0 Å². The molecular weight excluding hydrogens is 253 g/mol. The van der Waals surface area contributed by atoms with Crippen LogP contribution < -0.4 is 5.46 Å². The van der Waals surface area contributed by atoms with Crippen molar-refractivity contribution in [2.75, 3.05) is 13.7 Å². The third kappa shape index (κ3) is 2.84. The lowest BCUT2D eigenvalue weighted by molar-refractivity contribution is 0.0526. The van der Waals surface area contributed by atoms with E-state index in [9.17, 15) is 4.79 Å². The van der Waals surface area contributed by atoms with Crippen molar-refractivity contribution in [2.45, 2.75) is 33.2 Å². The largest absolute Gasteiger partial charge is 0.462 e. The Morgan fingerprint density at radius 1 is 1.45 bits per heavy atom. The first-order valence-corrected chi connectivity index (χ1v) is 6.80. The molecule has 1 aromatic heterocycles. The maximum absolute atomic E-state index is 11.7. The molecule has 1 aliphatic heterocycles. The van der Waals surface area contributed by atoms with Gasteiger partial charge in [0.2, 0.25) is 7.28 Å². The summed E-state index contributed by atoms with van der Waals surface area (Å²) in [7, 11) is 2.72. The van der Waals surface area contributed by atoms with E-state index in [1.807, 2.05) is 13.1 Å². The van der Waals surface area contributed by atoms with Gasteiger partial charge in [0.1, 0.15) is 5.82 Å². The van der Waals surface area contributed by atoms with Gasteiger partial charge in [0, 0.05) is 18.8 Å². The molecule has 6 heteroatoms. The molecule has 5 nitrogen and oxygen atoms in total. The molecule has 20 heavy (non-hydrogen) atoms. The average molecular weight is 273 g/mol. The number of aromatic nitrogens is 1. The van der Waals surface area contributed by atoms with Gasteiger partial charge in [-0.05, 0) is 39.2 Å². The molecule has 0 aromatic carbocycles. The Kier molecular flexibility index (Phi) is 3.83. The molecule has 0 bridgehead atoms. The average Bonchev–Trinajstić information content (AvgIpc) is 2.79. The molecule has 106 valence electrons. The first-order valence-electron chi connectivity index (χ1n) is 6.80. The topological polar surface area (TPSA) is 54.8 Å². The molecule has 0 spiro atoms. The zero-order valence-electron chi connectivity index (χ0n) is 12.7. The lowest BCUT2D eigenvalue weighted by atomic mass is 9.69. The summed E-state index contributed by atoms with van der Waals surface area (Å²) in [6.07, 6.45) is 1.53. The summed E-state index contributed by atoms with van der Waals surface area (Å²) < 4.78 is 4.99. The molecule has 0 saturated carbocycles. The molecule has 2 rings (SSSR count). The van der Waals surface area contributed by atoms with E-state index in [-0.39, 0.29) is 11.5 Å². The number of nitrogens with zero attached hydrogens (tertiary/aromatic N) is 3. The van der Waals surface area contributed by atoms with Gasteiger partial charge in [-0.1, -0.05) is 0 Å². The van der Waals surface area contributed by atoms with Gasteiger partial charge in [-0.2, -0.15) is 0 Å². The highest BCUT2D eigenvalue weighted by atomic mass is 16.5. The third-order valence-corrected chi connectivity index (χ3v) is 3.43. The van der Waals surface area contributed by atoms with E-state index in [1.54, 1.807) is 6.92 Å². The standard InChI is InChI=1S/C14H20BN3O2/c1-6-20-12(19)9-7-10-11(16-8-9)17-13(15-10)18(5)14(2,3)4/h7-8,15H,6H2,1-5H3. The molecule has 0 aliphatic carbocycles. The van der Waals surface area contributed by atoms with Crippen molar-refractivity contribution >= 4 is 30.3 Å². The fraction of sp³-hybridized carbons (Fsp3) is 0.500. The van der Waals surface area contributed by atoms with Crippen molar-refractivity contribution in [1.29, 1.82) is 0 Å². The second-order valence-electron chi connectivity index (χ2n) is 5.86. The zero-order chi connectivity index (χ0) is 14.9. The smallest absolute Gasteiger partial charge is 0.339 e. The number of carbonyl (C=O) groups excluding carboxylic acids is 1. The lowest BCUT2D eigenvalue weighted by Crippen LogP contribution is -2.45. The quantitative estimate of drug-likeness (QED) is 0.597. The van der Waals surface area contributed by atoms with E-state index >= 15 is 0 Å². The van der Waals surface area contributed by atoms with E-state index in [1.165, 1.54) is 6.20 Å². The molecule has 0 fully saturated rings. The SMILES string of the molecule is CCOC(=O)c1cnc2c(c1)BC(N(C)C(C)(C)C)=N2. The lowest BCUT2D eigenvalue weighted by Gasteiger charge is -2.33. The minimum Gasteiger partial charge on any atom is -0.462 e. The normalized spacial score (nSPS) is 13.3. The van der Waals surface area contributed by atoms with E-state index in [2.05, 4.69) is 35.6 Å². The Hall–Kier alpha value is -1.85. The highest BCUT2D eigenvalue weighted by molar-refractivity contribution is 6.87. The van der Waals surface area contributed by atoms with Crippen LogP contribution in [0, 0.1) is 0 Å². The summed E-state index contributed by atoms with van der Waals surface area (Å²) in [5.41, 5.74) is 2.44. The number of amidine groups is 1. The van der Waals surface area contributed by atoms with Crippen LogP contribution in [0.2, 0.25) is 0 Å². The molecule has 0 radical (unpaired) electrons. The van der Waals surface area contributed by atoms with Crippen LogP contribution in [0.15, 0.2) is 17.3 Å². The number of fused-ring (bicyclic) bond motifs is 1. The molecule has 0 N–H and O–H groups in total. The molecular formula is C14H20BN3O2. The first-order chi connectivity index (χ1) is 9.32. The summed E-state index contributed by atoms with van der Waals surface area (Å²) in [6.45, 7) is 8.56. The summed E-state index contributed by atoms with van der Waals surface area (Å²) in [5, 5.41) is 0. The maximum Gasteiger partial charge on any atom is 0.339 e. The van der Waals surface area contributed by atoms with Gasteiger partial charge in [0.25, 0.3) is 0 Å². The predicted molar refractivity (Wildman–Crippen MR) is 81.6 cm³/mol. The second kappa shape index (κ2) is 5.27. The zero-order valence-corrected chi connectivity index (χ0v) is 12.7. The third-order valence-electron chi connectivity index (χ3n) is 3.43. The maximum atomic E-state index is 11.7. The number of pyridine rings is 1. The van der Waals surface area contributed by atoms with Crippen molar-refractivity contribution in [3.63, 3.8) is 0 Å². The Morgan fingerprint density at radius 2 is 2.15 bits per heavy atom. The van der Waals surface area contributed by atoms with Crippen LogP contribution in [0.3, 0.4) is 0 Å². The number of esters is 1. The molecule has 0 unspecified atom stereocenters. The van der Waals surface area contributed by atoms with E-state index in [4.69, 9.17) is 4.74 Å². The van der Waals surface area contributed by atoms with E-state index < -0.39 is 0 Å². The van der Waals surface area contributed by atoms with Crippen LogP contribution in [-0.4, -0.2) is 48.1 Å². The van der Waals surface area contributed by atoms with Gasteiger partial charge in [-0.3, -0.25) is 0 Å². The number of aliphatic imine (C=N–C) groups is 1. The van der Waals surface area contributed by atoms with Crippen LogP contribution >= 0.6 is 0 Å². The summed E-state index contributed by atoms with van der Waals surface area (Å²) in [4.78, 5) is 22.7. The highest BCUT2D eigenvalue weighted by Gasteiger charge is 2.27. The minimum absolute atomic E-state index is 0.00481. The van der Waals surface area contributed by atoms with Crippen molar-refractivity contribution in [3.05, 3.63) is 17.8 Å². The first kappa shape index (κ1) is 14.6. The van der Waals surface area contributed by atoms with Crippen molar-refractivity contribution in [1.82, 2.24) is 9.88 Å². The minimum atomic E-state index is -0.333. The van der Waals surface area contributed by atoms with Crippen LogP contribution in [-0.2, 0) is 4.74 Å². The van der Waals surface area contributed by atoms with Gasteiger partial charge >= 0.3 is 5.97 Å². The number of ether oxygens (including phenoxy) is 1. The summed E-state index contributed by atoms with van der Waals surface area (Å²) in [6, 6.07) is 1.83. The Balaban J connectivity index is 2.20. The summed E-state index contributed by atoms with van der Waals surface area (Å²) >= 11 is 0. The number of rotatable bonds is 2. The van der Waals surface area contributed by atoms with Crippen molar-refractivity contribution in [2.24, 2.45) is 4.99 Å². The molecule has 1 aromatic rings. The fourth-order valence-corrected chi connectivity index (χ4v) is 1.97. The molecule has 2 heterocycles. The van der Waals surface area contributed by atoms with Crippen molar-refractivity contribution < 1.29 is 9.53 Å². The number of hydrogen-bond acceptors (Lipinski definition) is 5. The molecule has 0 saturated heterocycles. The fourth-order valence-electron chi connectivity index (χ4n) is 1.97. The highest BCUT2D eigenvalue weighted by Crippen LogP contribution is 2.18.